The van der Waals surface area contributed by atoms with Gasteiger partial charge in [-0.15, -0.1) is 37.2 Å². The van der Waals surface area contributed by atoms with Gasteiger partial charge >= 0.3 is 0 Å². The normalized spacial score (nSPS) is 20.6. The van der Waals surface area contributed by atoms with E-state index >= 15 is 0 Å². The molecule has 156 valence electrons. The van der Waals surface area contributed by atoms with Gasteiger partial charge in [-0.1, -0.05) is 30.7 Å². The number of nitrogens with one attached hydrogen (secondary N) is 2. The summed E-state index contributed by atoms with van der Waals surface area (Å²) in [4.78, 5) is 17.0. The number of nitrogens with zero attached hydrogens (tertiary/aromatic N) is 2. The molecular weight excluding hydrogens is 407 g/mol. The Morgan fingerprint density at radius 2 is 1.67 bits per heavy atom. The van der Waals surface area contributed by atoms with E-state index < -0.39 is 0 Å². The second-order valence-electron chi connectivity index (χ2n) is 7.12. The molecule has 2 fully saturated rings. The average Bonchev–Trinajstić information content (AvgIpc) is 2.63. The van der Waals surface area contributed by atoms with Crippen LogP contribution in [0.5, 0.6) is 0 Å². The topological polar surface area (TPSA) is 47.6 Å². The summed E-state index contributed by atoms with van der Waals surface area (Å²) in [5.74, 6) is 0.135. The van der Waals surface area contributed by atoms with Gasteiger partial charge in [-0.25, -0.2) is 0 Å². The van der Waals surface area contributed by atoms with Crippen molar-refractivity contribution in [3.63, 3.8) is 0 Å². The first kappa shape index (κ1) is 26.4. The SMILES string of the molecule is CN1CCN(Cc2ccc(CNC(=O)[C@H]3CCCCN3)cc2)CC1.Cl.Cl.Cl. The van der Waals surface area contributed by atoms with Gasteiger partial charge in [0.05, 0.1) is 6.04 Å². The molecule has 0 bridgehead atoms. The molecule has 27 heavy (non-hydrogen) atoms. The number of likely N-dealkylation sites (N-methyl/N-ethyl adjacent to an activating group) is 1. The van der Waals surface area contributed by atoms with Crippen LogP contribution in [0.15, 0.2) is 24.3 Å². The van der Waals surface area contributed by atoms with E-state index in [2.05, 4.69) is 51.7 Å². The van der Waals surface area contributed by atoms with E-state index in [1.54, 1.807) is 0 Å². The first-order valence-corrected chi connectivity index (χ1v) is 9.20. The second kappa shape index (κ2) is 13.6. The molecule has 2 aliphatic heterocycles. The lowest BCUT2D eigenvalue weighted by Gasteiger charge is -2.32. The zero-order valence-corrected chi connectivity index (χ0v) is 18.4. The van der Waals surface area contributed by atoms with Crippen LogP contribution < -0.4 is 10.6 Å². The van der Waals surface area contributed by atoms with Crippen LogP contribution in [0.2, 0.25) is 0 Å². The molecular formula is C19H33Cl3N4O. The van der Waals surface area contributed by atoms with Crippen LogP contribution in [0.4, 0.5) is 0 Å². The smallest absolute Gasteiger partial charge is 0.237 e. The molecule has 5 nitrogen and oxygen atoms in total. The van der Waals surface area contributed by atoms with Crippen molar-refractivity contribution in [2.24, 2.45) is 0 Å². The van der Waals surface area contributed by atoms with Gasteiger partial charge < -0.3 is 15.5 Å². The highest BCUT2D eigenvalue weighted by atomic mass is 35.5. The Labute approximate surface area is 181 Å². The van der Waals surface area contributed by atoms with Crippen LogP contribution in [-0.2, 0) is 17.9 Å². The molecule has 0 unspecified atom stereocenters. The van der Waals surface area contributed by atoms with E-state index in [1.165, 1.54) is 17.5 Å². The Morgan fingerprint density at radius 3 is 2.26 bits per heavy atom. The molecule has 2 heterocycles. The van der Waals surface area contributed by atoms with Gasteiger partial charge in [-0.05, 0) is 37.6 Å². The van der Waals surface area contributed by atoms with Crippen LogP contribution >= 0.6 is 37.2 Å². The van der Waals surface area contributed by atoms with Crippen molar-refractivity contribution >= 4 is 43.1 Å². The fourth-order valence-electron chi connectivity index (χ4n) is 3.41. The zero-order chi connectivity index (χ0) is 16.8. The molecule has 1 aromatic rings. The average molecular weight is 440 g/mol. The van der Waals surface area contributed by atoms with Crippen LogP contribution in [0.1, 0.15) is 30.4 Å². The fourth-order valence-corrected chi connectivity index (χ4v) is 3.41. The van der Waals surface area contributed by atoms with Crippen molar-refractivity contribution in [2.75, 3.05) is 39.8 Å². The Kier molecular flexibility index (Phi) is 13.3. The maximum Gasteiger partial charge on any atom is 0.237 e. The lowest BCUT2D eigenvalue weighted by atomic mass is 10.0. The fraction of sp³-hybridized carbons (Fsp3) is 0.632. The van der Waals surface area contributed by atoms with Crippen molar-refractivity contribution in [3.8, 4) is 0 Å². The molecule has 1 amide bonds. The number of carbonyl (C=O) groups excluding carboxylic acids is 1. The van der Waals surface area contributed by atoms with Gasteiger partial charge in [0.1, 0.15) is 0 Å². The van der Waals surface area contributed by atoms with E-state index in [0.29, 0.717) is 6.54 Å². The van der Waals surface area contributed by atoms with Crippen LogP contribution in [-0.4, -0.2) is 61.5 Å². The first-order chi connectivity index (χ1) is 11.7. The van der Waals surface area contributed by atoms with Gasteiger partial charge in [0.2, 0.25) is 5.91 Å². The van der Waals surface area contributed by atoms with Crippen molar-refractivity contribution in [3.05, 3.63) is 35.4 Å². The number of hydrogen-bond acceptors (Lipinski definition) is 4. The summed E-state index contributed by atoms with van der Waals surface area (Å²) in [6.45, 7) is 7.18. The summed E-state index contributed by atoms with van der Waals surface area (Å²) < 4.78 is 0. The lowest BCUT2D eigenvalue weighted by Crippen LogP contribution is -2.46. The summed E-state index contributed by atoms with van der Waals surface area (Å²) in [6, 6.07) is 8.66. The molecule has 2 N–H and O–H groups in total. The van der Waals surface area contributed by atoms with Gasteiger partial charge in [-0.2, -0.15) is 0 Å². The number of benzene rings is 1. The minimum atomic E-state index is -0.00439. The van der Waals surface area contributed by atoms with Gasteiger partial charge in [0.25, 0.3) is 0 Å². The Hall–Kier alpha value is -0.560. The van der Waals surface area contributed by atoms with E-state index in [-0.39, 0.29) is 49.2 Å². The third-order valence-corrected chi connectivity index (χ3v) is 5.12. The molecule has 0 saturated carbocycles. The minimum Gasteiger partial charge on any atom is -0.351 e. The number of amides is 1. The Morgan fingerprint density at radius 1 is 1.04 bits per heavy atom. The number of piperidine rings is 1. The number of piperazine rings is 1. The number of rotatable bonds is 5. The summed E-state index contributed by atoms with van der Waals surface area (Å²) in [5.41, 5.74) is 2.52. The standard InChI is InChI=1S/C19H30N4O.3ClH/c1-22-10-12-23(13-11-22)15-17-7-5-16(6-8-17)14-21-19(24)18-4-2-3-9-20-18;;;/h5-8,18,20H,2-4,9-15H2,1H3,(H,21,24);3*1H/t18-;;;/m1.../s1. The van der Waals surface area contributed by atoms with E-state index in [0.717, 1.165) is 52.1 Å². The lowest BCUT2D eigenvalue weighted by molar-refractivity contribution is -0.123. The summed E-state index contributed by atoms with van der Waals surface area (Å²) in [7, 11) is 2.18. The maximum absolute atomic E-state index is 12.1. The highest BCUT2D eigenvalue weighted by Crippen LogP contribution is 2.11. The van der Waals surface area contributed by atoms with Crippen molar-refractivity contribution < 1.29 is 4.79 Å². The Balaban J connectivity index is 0.00000225. The number of carbonyl (C=O) groups is 1. The van der Waals surface area contributed by atoms with Crippen molar-refractivity contribution in [2.45, 2.75) is 38.4 Å². The molecule has 0 radical (unpaired) electrons. The van der Waals surface area contributed by atoms with Crippen LogP contribution in [0, 0.1) is 0 Å². The van der Waals surface area contributed by atoms with Crippen molar-refractivity contribution in [1.82, 2.24) is 20.4 Å². The highest BCUT2D eigenvalue weighted by Gasteiger charge is 2.19. The summed E-state index contributed by atoms with van der Waals surface area (Å²) >= 11 is 0. The molecule has 2 aliphatic rings. The molecule has 1 atom stereocenters. The quantitative estimate of drug-likeness (QED) is 0.740. The monoisotopic (exact) mass is 438 g/mol. The van der Waals surface area contributed by atoms with E-state index in [4.69, 9.17) is 0 Å². The molecule has 0 aliphatic carbocycles. The summed E-state index contributed by atoms with van der Waals surface area (Å²) in [5, 5.41) is 6.35. The molecule has 8 heteroatoms. The number of halogens is 3. The molecule has 3 rings (SSSR count). The highest BCUT2D eigenvalue weighted by molar-refractivity contribution is 5.86. The van der Waals surface area contributed by atoms with Gasteiger partial charge in [0.15, 0.2) is 0 Å². The predicted octanol–water partition coefficient (Wildman–Crippen LogP) is 2.46. The van der Waals surface area contributed by atoms with Crippen molar-refractivity contribution in [1.29, 1.82) is 0 Å². The first-order valence-electron chi connectivity index (χ1n) is 9.20. The predicted molar refractivity (Wildman–Crippen MR) is 118 cm³/mol. The maximum atomic E-state index is 12.1. The van der Waals surface area contributed by atoms with E-state index in [1.807, 2.05) is 0 Å². The molecule has 0 spiro atoms. The van der Waals surface area contributed by atoms with Gasteiger partial charge in [-0.3, -0.25) is 9.69 Å². The van der Waals surface area contributed by atoms with Crippen LogP contribution in [0.3, 0.4) is 0 Å². The van der Waals surface area contributed by atoms with E-state index in [9.17, 15) is 4.79 Å². The third kappa shape index (κ3) is 8.55. The molecule has 1 aromatic carbocycles. The largest absolute Gasteiger partial charge is 0.351 e. The van der Waals surface area contributed by atoms with Crippen LogP contribution in [0.25, 0.3) is 0 Å². The summed E-state index contributed by atoms with van der Waals surface area (Å²) in [6.07, 6.45) is 3.28. The second-order valence-corrected chi connectivity index (χ2v) is 7.12. The number of hydrogen-bond donors (Lipinski definition) is 2. The zero-order valence-electron chi connectivity index (χ0n) is 16.0. The Bertz CT molecular complexity index is 530. The molecule has 2 saturated heterocycles. The third-order valence-electron chi connectivity index (χ3n) is 5.12. The van der Waals surface area contributed by atoms with Gasteiger partial charge in [0, 0.05) is 39.3 Å². The molecule has 0 aromatic heterocycles. The minimum absolute atomic E-state index is 0.